The Labute approximate surface area is 136 Å². The first-order valence-electron chi connectivity index (χ1n) is 8.45. The summed E-state index contributed by atoms with van der Waals surface area (Å²) in [6, 6.07) is 0. The Morgan fingerprint density at radius 1 is 0.955 bits per heavy atom. The van der Waals surface area contributed by atoms with Gasteiger partial charge in [0.05, 0.1) is 11.7 Å². The molecule has 2 heteroatoms. The monoisotopic (exact) mass is 304 g/mol. The maximum Gasteiger partial charge on any atom is 0.142 e. The largest absolute Gasteiger partial charge is 0.367 e. The van der Waals surface area contributed by atoms with Crippen molar-refractivity contribution in [3.05, 3.63) is 34.9 Å². The van der Waals surface area contributed by atoms with E-state index in [1.807, 2.05) is 6.92 Å². The van der Waals surface area contributed by atoms with Gasteiger partial charge in [-0.05, 0) is 79.2 Å². The third-order valence-electron chi connectivity index (χ3n) is 4.38. The highest BCUT2D eigenvalue weighted by Gasteiger charge is 2.46. The predicted molar refractivity (Wildman–Crippen MR) is 94.0 cm³/mol. The van der Waals surface area contributed by atoms with Crippen LogP contribution >= 0.6 is 0 Å². The molecule has 0 aromatic heterocycles. The number of ether oxygens (including phenoxy) is 1. The van der Waals surface area contributed by atoms with Crippen molar-refractivity contribution in [2.24, 2.45) is 0 Å². The first-order valence-corrected chi connectivity index (χ1v) is 8.45. The molecule has 1 aliphatic rings. The molecular formula is C20H32O2. The first-order chi connectivity index (χ1) is 10.3. The van der Waals surface area contributed by atoms with E-state index in [1.54, 1.807) is 6.08 Å². The van der Waals surface area contributed by atoms with E-state index in [-0.39, 0.29) is 5.60 Å². The highest BCUT2D eigenvalue weighted by molar-refractivity contribution is 5.65. The fourth-order valence-corrected chi connectivity index (χ4v) is 2.59. The number of hydrogen-bond donors (Lipinski definition) is 0. The minimum Gasteiger partial charge on any atom is -0.367 e. The Morgan fingerprint density at radius 3 is 1.95 bits per heavy atom. The van der Waals surface area contributed by atoms with Crippen LogP contribution in [0.5, 0.6) is 0 Å². The number of rotatable bonds is 10. The zero-order chi connectivity index (χ0) is 16.6. The van der Waals surface area contributed by atoms with Crippen molar-refractivity contribution in [3.8, 4) is 0 Å². The Balaban J connectivity index is 2.17. The number of allylic oxidation sites excluding steroid dienone is 6. The number of epoxide rings is 1. The van der Waals surface area contributed by atoms with E-state index < -0.39 is 0 Å². The van der Waals surface area contributed by atoms with Crippen molar-refractivity contribution >= 4 is 6.29 Å². The summed E-state index contributed by atoms with van der Waals surface area (Å²) < 4.78 is 5.62. The zero-order valence-corrected chi connectivity index (χ0v) is 14.9. The third kappa shape index (κ3) is 7.74. The van der Waals surface area contributed by atoms with Crippen molar-refractivity contribution in [1.82, 2.24) is 0 Å². The number of hydrogen-bond acceptors (Lipinski definition) is 2. The standard InChI is InChI=1S/C20H32O2/c1-16(9-7-11-18(3)14-15-21)8-6-10-17(2)12-13-19-20(4,5)22-19/h9-10,14-15,19H,6-8,11-13H2,1-5H3/b16-9+,17-10+,18-14+. The molecule has 1 saturated heterocycles. The van der Waals surface area contributed by atoms with Gasteiger partial charge < -0.3 is 4.74 Å². The van der Waals surface area contributed by atoms with Crippen LogP contribution in [-0.2, 0) is 9.53 Å². The molecule has 0 aliphatic carbocycles. The SMILES string of the molecule is C/C(=C\C=O)CC/C=C(\C)CC/C=C(\C)CCC1OC1(C)C. The molecule has 0 aromatic rings. The molecule has 22 heavy (non-hydrogen) atoms. The zero-order valence-electron chi connectivity index (χ0n) is 14.9. The van der Waals surface area contributed by atoms with Crippen LogP contribution in [0.2, 0.25) is 0 Å². The molecule has 124 valence electrons. The van der Waals surface area contributed by atoms with Crippen LogP contribution in [0.15, 0.2) is 34.9 Å². The van der Waals surface area contributed by atoms with Gasteiger partial charge in [0.25, 0.3) is 0 Å². The summed E-state index contributed by atoms with van der Waals surface area (Å²) in [6.45, 7) is 10.8. The highest BCUT2D eigenvalue weighted by atomic mass is 16.6. The van der Waals surface area contributed by atoms with Crippen molar-refractivity contribution in [1.29, 1.82) is 0 Å². The summed E-state index contributed by atoms with van der Waals surface area (Å²) >= 11 is 0. The van der Waals surface area contributed by atoms with Gasteiger partial charge in [0.1, 0.15) is 6.29 Å². The summed E-state index contributed by atoms with van der Waals surface area (Å²) in [5.74, 6) is 0. The molecule has 1 rings (SSSR count). The lowest BCUT2D eigenvalue weighted by Crippen LogP contribution is -2.02. The molecule has 1 fully saturated rings. The van der Waals surface area contributed by atoms with Gasteiger partial charge in [-0.2, -0.15) is 0 Å². The van der Waals surface area contributed by atoms with Gasteiger partial charge in [-0.3, -0.25) is 4.79 Å². The van der Waals surface area contributed by atoms with Crippen molar-refractivity contribution in [2.45, 2.75) is 84.8 Å². The van der Waals surface area contributed by atoms with Crippen LogP contribution in [0.1, 0.15) is 73.1 Å². The maximum absolute atomic E-state index is 10.3. The molecule has 1 unspecified atom stereocenters. The minimum atomic E-state index is 0.121. The van der Waals surface area contributed by atoms with E-state index in [0.717, 1.165) is 50.4 Å². The highest BCUT2D eigenvalue weighted by Crippen LogP contribution is 2.38. The van der Waals surface area contributed by atoms with Gasteiger partial charge in [0, 0.05) is 0 Å². The van der Waals surface area contributed by atoms with E-state index in [1.165, 1.54) is 11.1 Å². The molecule has 0 saturated carbocycles. The van der Waals surface area contributed by atoms with Crippen LogP contribution in [0, 0.1) is 0 Å². The van der Waals surface area contributed by atoms with E-state index in [0.29, 0.717) is 6.10 Å². The van der Waals surface area contributed by atoms with Crippen LogP contribution in [0.25, 0.3) is 0 Å². The molecule has 2 nitrogen and oxygen atoms in total. The maximum atomic E-state index is 10.3. The summed E-state index contributed by atoms with van der Waals surface area (Å²) in [5, 5.41) is 0. The van der Waals surface area contributed by atoms with Crippen LogP contribution < -0.4 is 0 Å². The van der Waals surface area contributed by atoms with Crippen LogP contribution in [-0.4, -0.2) is 18.0 Å². The lowest BCUT2D eigenvalue weighted by atomic mass is 10.0. The first kappa shape index (κ1) is 18.9. The van der Waals surface area contributed by atoms with Gasteiger partial charge in [-0.15, -0.1) is 0 Å². The van der Waals surface area contributed by atoms with E-state index in [9.17, 15) is 4.79 Å². The van der Waals surface area contributed by atoms with E-state index in [2.05, 4.69) is 39.8 Å². The second-order valence-corrected chi connectivity index (χ2v) is 7.08. The molecular weight excluding hydrogens is 272 g/mol. The lowest BCUT2D eigenvalue weighted by Gasteiger charge is -2.02. The fourth-order valence-electron chi connectivity index (χ4n) is 2.59. The Kier molecular flexibility index (Phi) is 7.81. The van der Waals surface area contributed by atoms with Gasteiger partial charge in [-0.1, -0.05) is 28.9 Å². The second kappa shape index (κ2) is 9.09. The van der Waals surface area contributed by atoms with Crippen LogP contribution in [0.3, 0.4) is 0 Å². The summed E-state index contributed by atoms with van der Waals surface area (Å²) in [5.41, 5.74) is 4.19. The Morgan fingerprint density at radius 2 is 1.45 bits per heavy atom. The molecule has 1 aliphatic heterocycles. The third-order valence-corrected chi connectivity index (χ3v) is 4.38. The molecule has 0 radical (unpaired) electrons. The molecule has 0 aromatic carbocycles. The fraction of sp³-hybridized carbons (Fsp3) is 0.650. The molecule has 0 N–H and O–H groups in total. The van der Waals surface area contributed by atoms with Crippen LogP contribution in [0.4, 0.5) is 0 Å². The molecule has 1 heterocycles. The molecule has 1 atom stereocenters. The van der Waals surface area contributed by atoms with Crippen molar-refractivity contribution in [2.75, 3.05) is 0 Å². The van der Waals surface area contributed by atoms with E-state index in [4.69, 9.17) is 4.74 Å². The molecule has 0 amide bonds. The molecule has 0 spiro atoms. The second-order valence-electron chi connectivity index (χ2n) is 7.08. The van der Waals surface area contributed by atoms with Crippen molar-refractivity contribution in [3.63, 3.8) is 0 Å². The van der Waals surface area contributed by atoms with Crippen molar-refractivity contribution < 1.29 is 9.53 Å². The Hall–Kier alpha value is -1.15. The summed E-state index contributed by atoms with van der Waals surface area (Å²) in [7, 11) is 0. The lowest BCUT2D eigenvalue weighted by molar-refractivity contribution is -0.104. The molecule has 0 bridgehead atoms. The minimum absolute atomic E-state index is 0.121. The summed E-state index contributed by atoms with van der Waals surface area (Å²) in [4.78, 5) is 10.3. The Bertz CT molecular complexity index is 452. The van der Waals surface area contributed by atoms with Gasteiger partial charge in [-0.25, -0.2) is 0 Å². The quantitative estimate of drug-likeness (QED) is 0.229. The number of carbonyl (C=O) groups is 1. The number of aldehydes is 1. The van der Waals surface area contributed by atoms with E-state index >= 15 is 0 Å². The summed E-state index contributed by atoms with van der Waals surface area (Å²) in [6.07, 6.45) is 14.2. The van der Waals surface area contributed by atoms with Gasteiger partial charge in [0.15, 0.2) is 0 Å². The smallest absolute Gasteiger partial charge is 0.142 e. The van der Waals surface area contributed by atoms with Gasteiger partial charge >= 0.3 is 0 Å². The normalized spacial score (nSPS) is 21.9. The average Bonchev–Trinajstić information content (AvgIpc) is 3.04. The number of carbonyl (C=O) groups excluding carboxylic acids is 1. The van der Waals surface area contributed by atoms with Gasteiger partial charge in [0.2, 0.25) is 0 Å². The topological polar surface area (TPSA) is 29.6 Å². The average molecular weight is 304 g/mol. The predicted octanol–water partition coefficient (Wildman–Crippen LogP) is 5.54.